The summed E-state index contributed by atoms with van der Waals surface area (Å²) in [6.07, 6.45) is 4.26. The maximum atomic E-state index is 12.1. The second kappa shape index (κ2) is 9.78. The van der Waals surface area contributed by atoms with Crippen LogP contribution in [0.15, 0.2) is 0 Å². The van der Waals surface area contributed by atoms with Gasteiger partial charge in [0.1, 0.15) is 0 Å². The Bertz CT molecular complexity index is 397. The van der Waals surface area contributed by atoms with Gasteiger partial charge >= 0.3 is 5.97 Å². The zero-order chi connectivity index (χ0) is 17.3. The van der Waals surface area contributed by atoms with E-state index in [-0.39, 0.29) is 19.3 Å². The van der Waals surface area contributed by atoms with Gasteiger partial charge in [-0.15, -0.1) is 0 Å². The summed E-state index contributed by atoms with van der Waals surface area (Å²) in [7, 11) is 0. The van der Waals surface area contributed by atoms with E-state index in [0.717, 1.165) is 25.9 Å². The lowest BCUT2D eigenvalue weighted by Gasteiger charge is -2.26. The number of hydrogen-bond acceptors (Lipinski definition) is 6. The summed E-state index contributed by atoms with van der Waals surface area (Å²) < 4.78 is 16.0. The Morgan fingerprint density at radius 2 is 1.83 bits per heavy atom. The molecular formula is C17H28O6. The molecule has 0 aromatic heterocycles. The number of ketones is 2. The number of Topliss-reactive ketones (excluding diaryl/α,β-unsaturated/α-hetero) is 2. The highest BCUT2D eigenvalue weighted by molar-refractivity contribution is 6.21. The molecular weight excluding hydrogens is 300 g/mol. The third-order valence-corrected chi connectivity index (χ3v) is 4.21. The molecule has 0 spiro atoms. The Hall–Kier alpha value is -1.27. The summed E-state index contributed by atoms with van der Waals surface area (Å²) in [5.41, 5.74) is -1.67. The van der Waals surface area contributed by atoms with E-state index in [9.17, 15) is 14.4 Å². The lowest BCUT2D eigenvalue weighted by molar-refractivity contribution is -0.166. The second-order valence-corrected chi connectivity index (χ2v) is 5.86. The van der Waals surface area contributed by atoms with Crippen LogP contribution in [0.5, 0.6) is 0 Å². The fourth-order valence-electron chi connectivity index (χ4n) is 2.79. The van der Waals surface area contributed by atoms with Gasteiger partial charge in [-0.1, -0.05) is 0 Å². The molecule has 0 aromatic carbocycles. The molecule has 1 fully saturated rings. The van der Waals surface area contributed by atoms with Crippen molar-refractivity contribution in [1.29, 1.82) is 0 Å². The molecule has 1 unspecified atom stereocenters. The summed E-state index contributed by atoms with van der Waals surface area (Å²) >= 11 is 0. The van der Waals surface area contributed by atoms with Crippen molar-refractivity contribution in [2.45, 2.75) is 65.6 Å². The van der Waals surface area contributed by atoms with Crippen LogP contribution in [0.4, 0.5) is 0 Å². The van der Waals surface area contributed by atoms with Crippen LogP contribution in [0.3, 0.4) is 0 Å². The van der Waals surface area contributed by atoms with Gasteiger partial charge in [-0.2, -0.15) is 0 Å². The minimum absolute atomic E-state index is 0.142. The van der Waals surface area contributed by atoms with Gasteiger partial charge in [0.05, 0.1) is 6.61 Å². The molecule has 1 aliphatic rings. The maximum Gasteiger partial charge on any atom is 0.327 e. The Morgan fingerprint density at radius 1 is 1.13 bits per heavy atom. The first-order valence-corrected chi connectivity index (χ1v) is 8.37. The van der Waals surface area contributed by atoms with E-state index in [0.29, 0.717) is 19.4 Å². The number of rotatable bonds is 10. The van der Waals surface area contributed by atoms with Crippen LogP contribution in [0.1, 0.15) is 59.3 Å². The first kappa shape index (κ1) is 19.8. The van der Waals surface area contributed by atoms with Crippen molar-refractivity contribution >= 4 is 17.5 Å². The van der Waals surface area contributed by atoms with E-state index in [2.05, 4.69) is 0 Å². The fraction of sp³-hybridized carbons (Fsp3) is 0.824. The van der Waals surface area contributed by atoms with Gasteiger partial charge in [-0.25, -0.2) is 0 Å². The average molecular weight is 328 g/mol. The molecule has 1 atom stereocenters. The van der Waals surface area contributed by atoms with Gasteiger partial charge in [0.25, 0.3) is 0 Å². The average Bonchev–Trinajstić information content (AvgIpc) is 2.51. The molecule has 0 aliphatic carbocycles. The molecule has 1 aliphatic heterocycles. The molecule has 0 bridgehead atoms. The van der Waals surface area contributed by atoms with Gasteiger partial charge in [0.2, 0.25) is 0 Å². The number of carbonyl (C=O) groups excluding carboxylic acids is 3. The summed E-state index contributed by atoms with van der Waals surface area (Å²) in [5.74, 6) is -1.66. The molecule has 6 heteroatoms. The quantitative estimate of drug-likeness (QED) is 0.348. The van der Waals surface area contributed by atoms with Crippen LogP contribution < -0.4 is 0 Å². The first-order chi connectivity index (χ1) is 10.9. The van der Waals surface area contributed by atoms with Crippen molar-refractivity contribution in [1.82, 2.24) is 0 Å². The van der Waals surface area contributed by atoms with Crippen molar-refractivity contribution in [3.8, 4) is 0 Å². The molecule has 6 nitrogen and oxygen atoms in total. The van der Waals surface area contributed by atoms with E-state index in [4.69, 9.17) is 14.2 Å². The standard InChI is InChI=1S/C17H28O6/c1-4-21-16(20)17(13(2)18,14(3)19)10-6-8-12-23-15-9-5-7-11-22-15/h15H,4-12H2,1-3H3. The summed E-state index contributed by atoms with van der Waals surface area (Å²) in [5, 5.41) is 0. The van der Waals surface area contributed by atoms with Gasteiger partial charge in [-0.05, 0) is 59.3 Å². The highest BCUT2D eigenvalue weighted by Crippen LogP contribution is 2.29. The van der Waals surface area contributed by atoms with Crippen LogP contribution >= 0.6 is 0 Å². The van der Waals surface area contributed by atoms with Crippen LogP contribution in [0.25, 0.3) is 0 Å². The molecule has 23 heavy (non-hydrogen) atoms. The third-order valence-electron chi connectivity index (χ3n) is 4.21. The molecule has 132 valence electrons. The van der Waals surface area contributed by atoms with Crippen LogP contribution in [-0.2, 0) is 28.6 Å². The van der Waals surface area contributed by atoms with E-state index in [1.54, 1.807) is 6.92 Å². The van der Waals surface area contributed by atoms with Crippen molar-refractivity contribution in [2.24, 2.45) is 5.41 Å². The topological polar surface area (TPSA) is 78.9 Å². The molecule has 1 saturated heterocycles. The highest BCUT2D eigenvalue weighted by Gasteiger charge is 2.48. The minimum atomic E-state index is -1.67. The predicted octanol–water partition coefficient (Wildman–Crippen LogP) is 2.43. The lowest BCUT2D eigenvalue weighted by Crippen LogP contribution is -2.45. The van der Waals surface area contributed by atoms with E-state index < -0.39 is 23.0 Å². The smallest absolute Gasteiger partial charge is 0.327 e. The van der Waals surface area contributed by atoms with Crippen molar-refractivity contribution in [3.05, 3.63) is 0 Å². The van der Waals surface area contributed by atoms with Crippen molar-refractivity contribution in [2.75, 3.05) is 19.8 Å². The van der Waals surface area contributed by atoms with Gasteiger partial charge in [-0.3, -0.25) is 14.4 Å². The van der Waals surface area contributed by atoms with Crippen LogP contribution in [0.2, 0.25) is 0 Å². The van der Waals surface area contributed by atoms with Gasteiger partial charge in [0, 0.05) is 13.2 Å². The molecule has 1 rings (SSSR count). The van der Waals surface area contributed by atoms with Crippen molar-refractivity contribution in [3.63, 3.8) is 0 Å². The largest absolute Gasteiger partial charge is 0.465 e. The molecule has 0 radical (unpaired) electrons. The fourth-order valence-corrected chi connectivity index (χ4v) is 2.79. The van der Waals surface area contributed by atoms with Gasteiger partial charge in [0.15, 0.2) is 23.3 Å². The zero-order valence-electron chi connectivity index (χ0n) is 14.4. The molecule has 0 amide bonds. The zero-order valence-corrected chi connectivity index (χ0v) is 14.4. The van der Waals surface area contributed by atoms with E-state index >= 15 is 0 Å². The number of esters is 1. The SMILES string of the molecule is CCOC(=O)C(CCCCOC1CCCCO1)(C(C)=O)C(C)=O. The first-order valence-electron chi connectivity index (χ1n) is 8.37. The molecule has 1 heterocycles. The minimum Gasteiger partial charge on any atom is -0.465 e. The Morgan fingerprint density at radius 3 is 2.35 bits per heavy atom. The predicted molar refractivity (Wildman–Crippen MR) is 83.8 cm³/mol. The van der Waals surface area contributed by atoms with Crippen LogP contribution in [0, 0.1) is 5.41 Å². The van der Waals surface area contributed by atoms with E-state index in [1.165, 1.54) is 13.8 Å². The number of hydrogen-bond donors (Lipinski definition) is 0. The molecule has 0 aromatic rings. The Balaban J connectivity index is 2.48. The Labute approximate surface area is 137 Å². The normalized spacial score (nSPS) is 18.5. The van der Waals surface area contributed by atoms with E-state index in [1.807, 2.05) is 0 Å². The summed E-state index contributed by atoms with van der Waals surface area (Å²) in [4.78, 5) is 36.1. The van der Waals surface area contributed by atoms with Crippen LogP contribution in [-0.4, -0.2) is 43.6 Å². The monoisotopic (exact) mass is 328 g/mol. The lowest BCUT2D eigenvalue weighted by atomic mass is 9.76. The second-order valence-electron chi connectivity index (χ2n) is 5.86. The molecule has 0 N–H and O–H groups in total. The Kier molecular flexibility index (Phi) is 8.41. The number of unbranched alkanes of at least 4 members (excludes halogenated alkanes) is 1. The maximum absolute atomic E-state index is 12.1. The van der Waals surface area contributed by atoms with Gasteiger partial charge < -0.3 is 14.2 Å². The van der Waals surface area contributed by atoms with Crippen molar-refractivity contribution < 1.29 is 28.6 Å². The summed E-state index contributed by atoms with van der Waals surface area (Å²) in [6.45, 7) is 5.55. The number of carbonyl (C=O) groups is 3. The molecule has 0 saturated carbocycles. The number of ether oxygens (including phenoxy) is 3. The summed E-state index contributed by atoms with van der Waals surface area (Å²) in [6, 6.07) is 0. The third kappa shape index (κ3) is 5.39. The highest BCUT2D eigenvalue weighted by atomic mass is 16.7.